The molecule has 40 heavy (non-hydrogen) atoms. The standard InChI is InChI=1S/C30H30N4O6/c1-4-21(19-13-14-23-24(15-19)40-17-39-23)31-25-26(30(38)34(29(25)37)16-18-9-6-5-7-10-18)32-22-12-8-11-20(27(22)35)28(36)33(2)3/h5-15,32,35,37-38H,4,16-17H2,1-3H3. The molecule has 0 atom stereocenters. The van der Waals surface area contributed by atoms with E-state index in [1.165, 1.54) is 15.5 Å². The van der Waals surface area contributed by atoms with E-state index in [4.69, 9.17) is 14.5 Å². The first-order valence-corrected chi connectivity index (χ1v) is 12.7. The number of hydrogen-bond acceptors (Lipinski definition) is 8. The summed E-state index contributed by atoms with van der Waals surface area (Å²) in [5.41, 5.74) is 2.62. The first-order chi connectivity index (χ1) is 19.3. The molecule has 5 rings (SSSR count). The number of phenolic OH excluding ortho intramolecular Hbond substituents is 1. The number of anilines is 2. The van der Waals surface area contributed by atoms with E-state index < -0.39 is 0 Å². The molecule has 0 saturated carbocycles. The normalized spacial score (nSPS) is 12.4. The number of ether oxygens (including phenoxy) is 2. The molecule has 206 valence electrons. The molecule has 0 unspecified atom stereocenters. The molecule has 3 aromatic carbocycles. The number of hydrogen-bond donors (Lipinski definition) is 4. The van der Waals surface area contributed by atoms with Crippen molar-refractivity contribution in [3.05, 3.63) is 83.4 Å². The predicted octanol–water partition coefficient (Wildman–Crippen LogP) is 5.36. The number of nitrogens with zero attached hydrogens (tertiary/aromatic N) is 3. The highest BCUT2D eigenvalue weighted by molar-refractivity contribution is 6.04. The molecular weight excluding hydrogens is 512 g/mol. The van der Waals surface area contributed by atoms with Crippen molar-refractivity contribution in [1.29, 1.82) is 0 Å². The molecule has 1 aliphatic heterocycles. The van der Waals surface area contributed by atoms with Gasteiger partial charge in [0.1, 0.15) is 5.69 Å². The maximum absolute atomic E-state index is 12.6. The molecule has 4 N–H and O–H groups in total. The summed E-state index contributed by atoms with van der Waals surface area (Å²) < 4.78 is 12.3. The first kappa shape index (κ1) is 26.5. The van der Waals surface area contributed by atoms with Crippen LogP contribution in [0.25, 0.3) is 0 Å². The molecule has 0 spiro atoms. The SMILES string of the molecule is CCC(=Nc1c(Nc2cccc(C(=O)N(C)C)c2O)c(O)n(Cc2ccccc2)c1O)c1ccc2c(c1)OCO2. The zero-order valence-electron chi connectivity index (χ0n) is 22.4. The van der Waals surface area contributed by atoms with Gasteiger partial charge in [-0.1, -0.05) is 43.3 Å². The summed E-state index contributed by atoms with van der Waals surface area (Å²) in [4.78, 5) is 18.7. The average molecular weight is 543 g/mol. The molecule has 0 bridgehead atoms. The van der Waals surface area contributed by atoms with Crippen LogP contribution in [0.5, 0.6) is 29.0 Å². The van der Waals surface area contributed by atoms with Gasteiger partial charge >= 0.3 is 0 Å². The van der Waals surface area contributed by atoms with E-state index in [1.807, 2.05) is 49.4 Å². The second kappa shape index (κ2) is 10.9. The van der Waals surface area contributed by atoms with Crippen molar-refractivity contribution in [2.24, 2.45) is 4.99 Å². The van der Waals surface area contributed by atoms with Gasteiger partial charge in [0.15, 0.2) is 22.9 Å². The Morgan fingerprint density at radius 1 is 0.975 bits per heavy atom. The number of phenols is 1. The van der Waals surface area contributed by atoms with Crippen LogP contribution in [-0.4, -0.2) is 57.3 Å². The number of aromatic hydroxyl groups is 3. The van der Waals surface area contributed by atoms with Crippen LogP contribution < -0.4 is 14.8 Å². The highest BCUT2D eigenvalue weighted by Crippen LogP contribution is 2.48. The third-order valence-electron chi connectivity index (χ3n) is 6.59. The number of carbonyl (C=O) groups is 1. The lowest BCUT2D eigenvalue weighted by atomic mass is 10.1. The van der Waals surface area contributed by atoms with Gasteiger partial charge in [-0.15, -0.1) is 0 Å². The van der Waals surface area contributed by atoms with Gasteiger partial charge in [-0.05, 0) is 47.9 Å². The van der Waals surface area contributed by atoms with E-state index in [2.05, 4.69) is 5.32 Å². The van der Waals surface area contributed by atoms with Crippen LogP contribution in [-0.2, 0) is 6.54 Å². The van der Waals surface area contributed by atoms with Crippen molar-refractivity contribution in [3.63, 3.8) is 0 Å². The lowest BCUT2D eigenvalue weighted by Gasteiger charge is -2.15. The summed E-state index contributed by atoms with van der Waals surface area (Å²) in [6, 6.07) is 19.5. The largest absolute Gasteiger partial charge is 0.505 e. The lowest BCUT2D eigenvalue weighted by Crippen LogP contribution is -2.21. The Balaban J connectivity index is 1.63. The van der Waals surface area contributed by atoms with Crippen LogP contribution >= 0.6 is 0 Å². The molecule has 2 heterocycles. The van der Waals surface area contributed by atoms with E-state index in [0.717, 1.165) is 11.1 Å². The molecule has 0 saturated heterocycles. The van der Waals surface area contributed by atoms with Crippen LogP contribution in [0.1, 0.15) is 34.8 Å². The Bertz CT molecular complexity index is 1590. The molecule has 0 aliphatic carbocycles. The molecular formula is C30H30N4O6. The highest BCUT2D eigenvalue weighted by Gasteiger charge is 2.26. The van der Waals surface area contributed by atoms with Crippen molar-refractivity contribution in [1.82, 2.24) is 9.47 Å². The molecule has 4 aromatic rings. The lowest BCUT2D eigenvalue weighted by molar-refractivity contribution is 0.0824. The van der Waals surface area contributed by atoms with E-state index in [-0.39, 0.29) is 59.4 Å². The first-order valence-electron chi connectivity index (χ1n) is 12.7. The van der Waals surface area contributed by atoms with Gasteiger partial charge in [0.2, 0.25) is 18.6 Å². The molecule has 1 aromatic heterocycles. The molecule has 10 heteroatoms. The monoisotopic (exact) mass is 542 g/mol. The van der Waals surface area contributed by atoms with Crippen molar-refractivity contribution in [3.8, 4) is 29.0 Å². The van der Waals surface area contributed by atoms with Gasteiger partial charge in [0.05, 0.1) is 17.8 Å². The minimum absolute atomic E-state index is 0.0740. The Morgan fingerprint density at radius 3 is 2.45 bits per heavy atom. The van der Waals surface area contributed by atoms with Gasteiger partial charge in [-0.3, -0.25) is 9.36 Å². The average Bonchev–Trinajstić information content (AvgIpc) is 3.51. The number of rotatable bonds is 8. The summed E-state index contributed by atoms with van der Waals surface area (Å²) >= 11 is 0. The zero-order valence-corrected chi connectivity index (χ0v) is 22.4. The Kier molecular flexibility index (Phi) is 7.24. The number of carbonyl (C=O) groups excluding carboxylic acids is 1. The smallest absolute Gasteiger partial charge is 0.257 e. The minimum Gasteiger partial charge on any atom is -0.505 e. The quantitative estimate of drug-likeness (QED) is 0.174. The Morgan fingerprint density at radius 2 is 1.73 bits per heavy atom. The van der Waals surface area contributed by atoms with Crippen LogP contribution in [0, 0.1) is 0 Å². The topological polar surface area (TPSA) is 129 Å². The summed E-state index contributed by atoms with van der Waals surface area (Å²) in [5.74, 6) is -0.00116. The van der Waals surface area contributed by atoms with Gasteiger partial charge in [0.25, 0.3) is 5.91 Å². The third kappa shape index (κ3) is 4.98. The van der Waals surface area contributed by atoms with E-state index in [0.29, 0.717) is 23.6 Å². The molecule has 1 aliphatic rings. The molecule has 10 nitrogen and oxygen atoms in total. The number of nitrogens with one attached hydrogen (secondary N) is 1. The van der Waals surface area contributed by atoms with Gasteiger partial charge in [-0.25, -0.2) is 4.99 Å². The Hall–Kier alpha value is -5.12. The number of aliphatic imine (C=N–C) groups is 1. The summed E-state index contributed by atoms with van der Waals surface area (Å²) in [5, 5.41) is 36.6. The summed E-state index contributed by atoms with van der Waals surface area (Å²) in [6.45, 7) is 2.23. The summed E-state index contributed by atoms with van der Waals surface area (Å²) in [6.07, 6.45) is 0.501. The highest BCUT2D eigenvalue weighted by atomic mass is 16.7. The van der Waals surface area contributed by atoms with Crippen molar-refractivity contribution in [2.45, 2.75) is 19.9 Å². The van der Waals surface area contributed by atoms with Crippen molar-refractivity contribution < 1.29 is 29.6 Å². The van der Waals surface area contributed by atoms with E-state index >= 15 is 0 Å². The number of fused-ring (bicyclic) bond motifs is 1. The number of para-hydroxylation sites is 1. The van der Waals surface area contributed by atoms with Crippen LogP contribution in [0.3, 0.4) is 0 Å². The number of aromatic nitrogens is 1. The van der Waals surface area contributed by atoms with Gasteiger partial charge in [0, 0.05) is 19.8 Å². The van der Waals surface area contributed by atoms with Crippen molar-refractivity contribution in [2.75, 3.05) is 26.2 Å². The van der Waals surface area contributed by atoms with Gasteiger partial charge in [-0.2, -0.15) is 0 Å². The minimum atomic E-state index is -0.385. The van der Waals surface area contributed by atoms with Crippen molar-refractivity contribution >= 4 is 28.7 Å². The van der Waals surface area contributed by atoms with Crippen LogP contribution in [0.4, 0.5) is 17.1 Å². The molecule has 0 fully saturated rings. The maximum atomic E-state index is 12.6. The zero-order chi connectivity index (χ0) is 28.4. The van der Waals surface area contributed by atoms with Gasteiger partial charge < -0.3 is 35.0 Å². The van der Waals surface area contributed by atoms with Crippen LogP contribution in [0.2, 0.25) is 0 Å². The van der Waals surface area contributed by atoms with E-state index in [9.17, 15) is 20.1 Å². The second-order valence-corrected chi connectivity index (χ2v) is 9.45. The fourth-order valence-corrected chi connectivity index (χ4v) is 4.47. The maximum Gasteiger partial charge on any atom is 0.257 e. The number of benzene rings is 3. The fourth-order valence-electron chi connectivity index (χ4n) is 4.47. The fraction of sp³-hybridized carbons (Fsp3) is 0.200. The van der Waals surface area contributed by atoms with E-state index in [1.54, 1.807) is 32.3 Å². The number of amides is 1. The Labute approximate surface area is 231 Å². The molecule has 1 amide bonds. The summed E-state index contributed by atoms with van der Waals surface area (Å²) in [7, 11) is 3.18. The third-order valence-corrected chi connectivity index (χ3v) is 6.59. The second-order valence-electron chi connectivity index (χ2n) is 9.45. The predicted molar refractivity (Wildman–Crippen MR) is 152 cm³/mol. The molecule has 0 radical (unpaired) electrons. The van der Waals surface area contributed by atoms with Crippen LogP contribution in [0.15, 0.2) is 71.7 Å².